The molecular weight excluding hydrogens is 647 g/mol. The summed E-state index contributed by atoms with van der Waals surface area (Å²) >= 11 is 0. The Hall–Kier alpha value is -6.71. The van der Waals surface area contributed by atoms with Crippen LogP contribution in [0.3, 0.4) is 0 Å². The van der Waals surface area contributed by atoms with Crippen LogP contribution in [-0.4, -0.2) is 4.98 Å². The molecule has 8 aromatic rings. The number of aromatic nitrogens is 1. The quantitative estimate of drug-likeness (QED) is 0.181. The monoisotopic (exact) mass is 681 g/mol. The van der Waals surface area contributed by atoms with Crippen LogP contribution in [-0.2, 0) is 5.41 Å². The lowest BCUT2D eigenvalue weighted by atomic mass is 9.82. The molecule has 0 spiro atoms. The van der Waals surface area contributed by atoms with Crippen LogP contribution in [0.5, 0.6) is 23.0 Å². The third kappa shape index (κ3) is 5.24. The molecule has 0 saturated heterocycles. The van der Waals surface area contributed by atoms with Gasteiger partial charge in [-0.3, -0.25) is 0 Å². The van der Waals surface area contributed by atoms with E-state index in [0.29, 0.717) is 11.5 Å². The fourth-order valence-corrected chi connectivity index (χ4v) is 7.98. The number of benzene rings is 7. The molecule has 252 valence electrons. The lowest BCUT2D eigenvalue weighted by molar-refractivity contribution is 0.361. The summed E-state index contributed by atoms with van der Waals surface area (Å²) in [6, 6.07) is 61.7. The van der Waals surface area contributed by atoms with Crippen molar-refractivity contribution in [1.29, 1.82) is 0 Å². The molecule has 0 unspecified atom stereocenters. The number of hydrogen-bond acceptors (Lipinski definition) is 3. The van der Waals surface area contributed by atoms with Gasteiger partial charge in [0.15, 0.2) is 23.0 Å². The molecule has 53 heavy (non-hydrogen) atoms. The molecule has 3 nitrogen and oxygen atoms in total. The van der Waals surface area contributed by atoms with Gasteiger partial charge < -0.3 is 9.47 Å². The first-order valence-corrected chi connectivity index (χ1v) is 18.1. The van der Waals surface area contributed by atoms with E-state index in [2.05, 4.69) is 159 Å². The van der Waals surface area contributed by atoms with E-state index in [9.17, 15) is 0 Å². The van der Waals surface area contributed by atoms with E-state index in [0.717, 1.165) is 50.7 Å². The van der Waals surface area contributed by atoms with Crippen LogP contribution in [0.2, 0.25) is 0 Å². The average molecular weight is 682 g/mol. The molecule has 0 bridgehead atoms. The number of ether oxygens (including phenoxy) is 2. The van der Waals surface area contributed by atoms with Gasteiger partial charge in [0.2, 0.25) is 0 Å². The normalized spacial score (nSPS) is 13.2. The lowest BCUT2D eigenvalue weighted by Crippen LogP contribution is -2.15. The van der Waals surface area contributed by atoms with Crippen molar-refractivity contribution < 1.29 is 9.47 Å². The largest absolute Gasteiger partial charge is 0.449 e. The van der Waals surface area contributed by atoms with Crippen LogP contribution < -0.4 is 9.47 Å². The van der Waals surface area contributed by atoms with Crippen molar-refractivity contribution in [3.63, 3.8) is 0 Å². The molecule has 0 radical (unpaired) electrons. The molecule has 1 aromatic heterocycles. The van der Waals surface area contributed by atoms with Gasteiger partial charge in [-0.05, 0) is 80.4 Å². The highest BCUT2D eigenvalue weighted by molar-refractivity contribution is 5.89. The molecule has 0 amide bonds. The van der Waals surface area contributed by atoms with Crippen LogP contribution in [0.4, 0.5) is 0 Å². The second-order valence-electron chi connectivity index (χ2n) is 14.3. The standard InChI is InChI=1S/C50H35NO2/c1-50(2)41-18-10-9-16-39(41)47-42(50)28-29-46-49(47)53-48-40(17-11-19-45(48)52-46)44-31-38(36-22-20-34(21-23-36)32-12-5-3-6-13-32)30-43(51-44)37-26-24-35(25-27-37)33-14-7-4-8-15-33/h3-31H,1-2H3. The average Bonchev–Trinajstić information content (AvgIpc) is 3.46. The lowest BCUT2D eigenvalue weighted by Gasteiger charge is -2.26. The van der Waals surface area contributed by atoms with E-state index >= 15 is 0 Å². The highest BCUT2D eigenvalue weighted by atomic mass is 16.6. The van der Waals surface area contributed by atoms with Crippen molar-refractivity contribution in [2.75, 3.05) is 0 Å². The summed E-state index contributed by atoms with van der Waals surface area (Å²) in [5, 5.41) is 0. The molecule has 2 aliphatic rings. The van der Waals surface area contributed by atoms with E-state index in [-0.39, 0.29) is 5.41 Å². The van der Waals surface area contributed by atoms with Crippen molar-refractivity contribution >= 4 is 0 Å². The van der Waals surface area contributed by atoms with Crippen LogP contribution in [0, 0.1) is 0 Å². The fraction of sp³-hybridized carbons (Fsp3) is 0.0600. The number of hydrogen-bond donors (Lipinski definition) is 0. The van der Waals surface area contributed by atoms with E-state index in [1.165, 1.54) is 38.9 Å². The molecule has 10 rings (SSSR count). The number of rotatable bonds is 5. The topological polar surface area (TPSA) is 31.4 Å². The van der Waals surface area contributed by atoms with Gasteiger partial charge in [-0.15, -0.1) is 0 Å². The molecular formula is C50H35NO2. The van der Waals surface area contributed by atoms with Gasteiger partial charge in [-0.1, -0.05) is 159 Å². The molecule has 7 aromatic carbocycles. The Balaban J connectivity index is 1.11. The summed E-state index contributed by atoms with van der Waals surface area (Å²) in [4.78, 5) is 5.33. The molecule has 1 aliphatic carbocycles. The zero-order chi connectivity index (χ0) is 35.5. The number of fused-ring (bicyclic) bond motifs is 6. The van der Waals surface area contributed by atoms with E-state index in [4.69, 9.17) is 14.5 Å². The molecule has 3 heteroatoms. The van der Waals surface area contributed by atoms with Crippen molar-refractivity contribution in [2.24, 2.45) is 0 Å². The van der Waals surface area contributed by atoms with Gasteiger partial charge in [0.25, 0.3) is 0 Å². The zero-order valence-corrected chi connectivity index (χ0v) is 29.5. The maximum atomic E-state index is 7.01. The highest BCUT2D eigenvalue weighted by Crippen LogP contribution is 2.59. The van der Waals surface area contributed by atoms with Crippen molar-refractivity contribution in [3.05, 3.63) is 187 Å². The number of pyridine rings is 1. The summed E-state index contributed by atoms with van der Waals surface area (Å²) in [6.07, 6.45) is 0. The minimum absolute atomic E-state index is 0.152. The summed E-state index contributed by atoms with van der Waals surface area (Å²) in [7, 11) is 0. The van der Waals surface area contributed by atoms with Gasteiger partial charge in [-0.2, -0.15) is 0 Å². The maximum Gasteiger partial charge on any atom is 0.179 e. The summed E-state index contributed by atoms with van der Waals surface area (Å²) in [5.41, 5.74) is 15.2. The summed E-state index contributed by atoms with van der Waals surface area (Å²) < 4.78 is 13.6. The SMILES string of the molecule is CC1(C)c2ccccc2-c2c1ccc1c2Oc2c(cccc2-c2cc(-c3ccc(-c4ccccc4)cc3)cc(-c3ccc(-c4ccccc4)cc3)n2)O1. The maximum absolute atomic E-state index is 7.01. The van der Waals surface area contributed by atoms with Gasteiger partial charge in [0, 0.05) is 22.1 Å². The number of nitrogens with zero attached hydrogens (tertiary/aromatic N) is 1. The molecule has 0 N–H and O–H groups in total. The highest BCUT2D eigenvalue weighted by Gasteiger charge is 2.40. The summed E-state index contributed by atoms with van der Waals surface area (Å²) in [6.45, 7) is 4.56. The smallest absolute Gasteiger partial charge is 0.179 e. The zero-order valence-electron chi connectivity index (χ0n) is 29.5. The Morgan fingerprint density at radius 3 is 1.58 bits per heavy atom. The second-order valence-corrected chi connectivity index (χ2v) is 14.3. The van der Waals surface area contributed by atoms with Crippen molar-refractivity contribution in [1.82, 2.24) is 4.98 Å². The van der Waals surface area contributed by atoms with Crippen LogP contribution in [0.15, 0.2) is 176 Å². The van der Waals surface area contributed by atoms with E-state index < -0.39 is 0 Å². The van der Waals surface area contributed by atoms with E-state index in [1.807, 2.05) is 30.3 Å². The number of para-hydroxylation sites is 1. The fourth-order valence-electron chi connectivity index (χ4n) is 7.98. The molecule has 0 saturated carbocycles. The summed E-state index contributed by atoms with van der Waals surface area (Å²) in [5.74, 6) is 2.82. The first-order valence-electron chi connectivity index (χ1n) is 18.1. The molecule has 1 aliphatic heterocycles. The minimum Gasteiger partial charge on any atom is -0.449 e. The van der Waals surface area contributed by atoms with Gasteiger partial charge >= 0.3 is 0 Å². The Labute approximate surface area is 309 Å². The Bertz CT molecular complexity index is 2560. The van der Waals surface area contributed by atoms with Gasteiger partial charge in [0.1, 0.15) is 0 Å². The second kappa shape index (κ2) is 12.2. The van der Waals surface area contributed by atoms with E-state index in [1.54, 1.807) is 0 Å². The minimum atomic E-state index is -0.152. The Morgan fingerprint density at radius 1 is 0.377 bits per heavy atom. The predicted molar refractivity (Wildman–Crippen MR) is 216 cm³/mol. The van der Waals surface area contributed by atoms with Crippen molar-refractivity contribution in [3.8, 4) is 90.0 Å². The third-order valence-corrected chi connectivity index (χ3v) is 10.8. The van der Waals surface area contributed by atoms with Gasteiger partial charge in [-0.25, -0.2) is 4.98 Å². The molecule has 2 heterocycles. The Morgan fingerprint density at radius 2 is 0.906 bits per heavy atom. The van der Waals surface area contributed by atoms with Crippen LogP contribution in [0.25, 0.3) is 67.0 Å². The van der Waals surface area contributed by atoms with Crippen LogP contribution in [0.1, 0.15) is 25.0 Å². The van der Waals surface area contributed by atoms with Gasteiger partial charge in [0.05, 0.1) is 11.4 Å². The first kappa shape index (κ1) is 31.1. The molecule has 0 fully saturated rings. The molecule has 0 atom stereocenters. The third-order valence-electron chi connectivity index (χ3n) is 10.8. The first-order chi connectivity index (χ1) is 26.0. The Kier molecular flexibility index (Phi) is 7.16. The van der Waals surface area contributed by atoms with Crippen LogP contribution >= 0.6 is 0 Å². The predicted octanol–water partition coefficient (Wildman–Crippen LogP) is 13.6. The van der Waals surface area contributed by atoms with Crippen molar-refractivity contribution in [2.45, 2.75) is 19.3 Å².